The van der Waals surface area contributed by atoms with Crippen LogP contribution in [0.15, 0.2) is 51.7 Å². The van der Waals surface area contributed by atoms with Crippen LogP contribution < -0.4 is 20.0 Å². The Morgan fingerprint density at radius 3 is 2.46 bits per heavy atom. The van der Waals surface area contributed by atoms with Gasteiger partial charge >= 0.3 is 5.63 Å². The van der Waals surface area contributed by atoms with E-state index in [1.165, 1.54) is 10.5 Å². The van der Waals surface area contributed by atoms with Crippen molar-refractivity contribution in [1.82, 2.24) is 0 Å². The molecular formula is C21H24NO4+. The number of methoxy groups -OCH3 is 2. The lowest BCUT2D eigenvalue weighted by Gasteiger charge is -2.17. The number of hydrogen-bond donors (Lipinski definition) is 1. The highest BCUT2D eigenvalue weighted by Gasteiger charge is 2.14. The van der Waals surface area contributed by atoms with Crippen molar-refractivity contribution in [2.24, 2.45) is 0 Å². The molecule has 0 aliphatic carbocycles. The van der Waals surface area contributed by atoms with Crippen LogP contribution in [0.25, 0.3) is 11.0 Å². The van der Waals surface area contributed by atoms with E-state index in [2.05, 4.69) is 20.0 Å². The Balaban J connectivity index is 1.89. The van der Waals surface area contributed by atoms with E-state index >= 15 is 0 Å². The van der Waals surface area contributed by atoms with E-state index in [-0.39, 0.29) is 5.63 Å². The van der Waals surface area contributed by atoms with Crippen LogP contribution in [0.2, 0.25) is 0 Å². The quantitative estimate of drug-likeness (QED) is 0.691. The van der Waals surface area contributed by atoms with Gasteiger partial charge in [-0.2, -0.15) is 0 Å². The number of benzene rings is 2. The summed E-state index contributed by atoms with van der Waals surface area (Å²) in [7, 11) is 5.38. The number of hydrogen-bond acceptors (Lipinski definition) is 4. The first-order valence-corrected chi connectivity index (χ1v) is 8.55. The standard InChI is InChI=1S/C21H23NO4/c1-14-5-8-19(25-4)16(9-14)13-22(2)12-15-10-21(23)26-20-11-17(24-3)6-7-18(15)20/h5-11H,12-13H2,1-4H3/p+1. The molecule has 1 unspecified atom stereocenters. The lowest BCUT2D eigenvalue weighted by Crippen LogP contribution is -3.06. The highest BCUT2D eigenvalue weighted by atomic mass is 16.5. The molecule has 0 radical (unpaired) electrons. The Morgan fingerprint density at radius 1 is 0.962 bits per heavy atom. The van der Waals surface area contributed by atoms with Crippen molar-refractivity contribution in [3.05, 3.63) is 69.6 Å². The maximum absolute atomic E-state index is 12.0. The third-order valence-corrected chi connectivity index (χ3v) is 4.46. The van der Waals surface area contributed by atoms with E-state index in [9.17, 15) is 4.79 Å². The minimum atomic E-state index is -0.346. The largest absolute Gasteiger partial charge is 0.497 e. The van der Waals surface area contributed by atoms with Gasteiger partial charge in [-0.3, -0.25) is 0 Å². The number of nitrogens with one attached hydrogen (secondary N) is 1. The van der Waals surface area contributed by atoms with Crippen molar-refractivity contribution < 1.29 is 18.8 Å². The molecule has 26 heavy (non-hydrogen) atoms. The zero-order valence-corrected chi connectivity index (χ0v) is 15.6. The summed E-state index contributed by atoms with van der Waals surface area (Å²) >= 11 is 0. The topological polar surface area (TPSA) is 53.1 Å². The molecule has 0 spiro atoms. The summed E-state index contributed by atoms with van der Waals surface area (Å²) in [6, 6.07) is 13.3. The molecule has 5 heteroatoms. The second-order valence-electron chi connectivity index (χ2n) is 6.58. The third-order valence-electron chi connectivity index (χ3n) is 4.46. The van der Waals surface area contributed by atoms with E-state index in [1.807, 2.05) is 24.3 Å². The van der Waals surface area contributed by atoms with Crippen LogP contribution in [0.4, 0.5) is 0 Å². The van der Waals surface area contributed by atoms with Crippen LogP contribution in [0.5, 0.6) is 11.5 Å². The van der Waals surface area contributed by atoms with Crippen LogP contribution in [0, 0.1) is 6.92 Å². The minimum absolute atomic E-state index is 0.346. The van der Waals surface area contributed by atoms with Crippen molar-refractivity contribution in [1.29, 1.82) is 0 Å². The summed E-state index contributed by atoms with van der Waals surface area (Å²) in [6.45, 7) is 3.57. The van der Waals surface area contributed by atoms with Gasteiger partial charge < -0.3 is 18.8 Å². The summed E-state index contributed by atoms with van der Waals surface area (Å²) in [5, 5.41) is 0.931. The first-order chi connectivity index (χ1) is 12.5. The van der Waals surface area contributed by atoms with Crippen LogP contribution in [-0.2, 0) is 13.1 Å². The molecule has 0 saturated carbocycles. The lowest BCUT2D eigenvalue weighted by atomic mass is 10.1. The van der Waals surface area contributed by atoms with Gasteiger partial charge in [-0.05, 0) is 31.2 Å². The first-order valence-electron chi connectivity index (χ1n) is 8.55. The average Bonchev–Trinajstić information content (AvgIpc) is 2.61. The predicted octanol–water partition coefficient (Wildman–Crippen LogP) is 2.33. The van der Waals surface area contributed by atoms with Crippen molar-refractivity contribution in [2.45, 2.75) is 20.0 Å². The molecule has 136 valence electrons. The van der Waals surface area contributed by atoms with Crippen molar-refractivity contribution in [3.8, 4) is 11.5 Å². The van der Waals surface area contributed by atoms with Crippen molar-refractivity contribution >= 4 is 11.0 Å². The number of aryl methyl sites for hydroxylation is 1. The SMILES string of the molecule is COc1ccc2c(C[NH+](C)Cc3cc(C)ccc3OC)cc(=O)oc2c1. The Hall–Kier alpha value is -2.79. The number of quaternary nitrogens is 1. The second-order valence-corrected chi connectivity index (χ2v) is 6.58. The molecule has 5 nitrogen and oxygen atoms in total. The molecule has 0 amide bonds. The smallest absolute Gasteiger partial charge is 0.336 e. The molecule has 1 aromatic heterocycles. The zero-order chi connectivity index (χ0) is 18.7. The van der Waals surface area contributed by atoms with Crippen LogP contribution in [-0.4, -0.2) is 21.3 Å². The molecule has 1 heterocycles. The molecule has 0 fully saturated rings. The van der Waals surface area contributed by atoms with Gasteiger partial charge in [0.2, 0.25) is 0 Å². The van der Waals surface area contributed by atoms with Crippen molar-refractivity contribution in [3.63, 3.8) is 0 Å². The molecule has 0 saturated heterocycles. The molecule has 3 aromatic rings. The molecule has 0 aliphatic rings. The van der Waals surface area contributed by atoms with Gasteiger partial charge in [-0.25, -0.2) is 4.79 Å². The molecule has 2 aromatic carbocycles. The fourth-order valence-electron chi connectivity index (χ4n) is 3.24. The summed E-state index contributed by atoms with van der Waals surface area (Å²) in [6.07, 6.45) is 0. The second kappa shape index (κ2) is 7.62. The van der Waals surface area contributed by atoms with Gasteiger partial charge in [0.05, 0.1) is 21.3 Å². The highest BCUT2D eigenvalue weighted by Crippen LogP contribution is 2.22. The number of ether oxygens (including phenoxy) is 2. The zero-order valence-electron chi connectivity index (χ0n) is 15.6. The summed E-state index contributed by atoms with van der Waals surface area (Å²) < 4.78 is 16.0. The molecular weight excluding hydrogens is 330 g/mol. The van der Waals surface area contributed by atoms with Crippen molar-refractivity contribution in [2.75, 3.05) is 21.3 Å². The minimum Gasteiger partial charge on any atom is -0.497 e. The van der Waals surface area contributed by atoms with Gasteiger partial charge in [-0.1, -0.05) is 11.6 Å². The fourth-order valence-corrected chi connectivity index (χ4v) is 3.24. The van der Waals surface area contributed by atoms with E-state index in [0.717, 1.165) is 28.8 Å². The van der Waals surface area contributed by atoms with E-state index < -0.39 is 0 Å². The maximum atomic E-state index is 12.0. The molecule has 1 atom stereocenters. The Morgan fingerprint density at radius 2 is 1.73 bits per heavy atom. The van der Waals surface area contributed by atoms with E-state index in [0.29, 0.717) is 17.9 Å². The fraction of sp³-hybridized carbons (Fsp3) is 0.286. The maximum Gasteiger partial charge on any atom is 0.336 e. The Labute approximate surface area is 152 Å². The summed E-state index contributed by atoms with van der Waals surface area (Å²) in [5.74, 6) is 1.56. The van der Waals surface area contributed by atoms with Crippen LogP contribution >= 0.6 is 0 Å². The average molecular weight is 354 g/mol. The van der Waals surface area contributed by atoms with Gasteiger partial charge in [0.1, 0.15) is 30.2 Å². The predicted molar refractivity (Wildman–Crippen MR) is 101 cm³/mol. The van der Waals surface area contributed by atoms with Gasteiger partial charge in [0.15, 0.2) is 0 Å². The molecule has 0 aliphatic heterocycles. The monoisotopic (exact) mass is 354 g/mol. The number of rotatable bonds is 6. The molecule has 3 rings (SSSR count). The molecule has 0 bridgehead atoms. The molecule has 1 N–H and O–H groups in total. The van der Waals surface area contributed by atoms with Gasteiger partial charge in [-0.15, -0.1) is 0 Å². The number of fused-ring (bicyclic) bond motifs is 1. The van der Waals surface area contributed by atoms with E-state index in [1.54, 1.807) is 26.4 Å². The Kier molecular flexibility index (Phi) is 5.28. The third kappa shape index (κ3) is 3.89. The summed E-state index contributed by atoms with van der Waals surface area (Å²) in [4.78, 5) is 13.2. The van der Waals surface area contributed by atoms with Crippen LogP contribution in [0.1, 0.15) is 16.7 Å². The highest BCUT2D eigenvalue weighted by molar-refractivity contribution is 5.81. The van der Waals surface area contributed by atoms with Gasteiger partial charge in [0, 0.05) is 28.6 Å². The van der Waals surface area contributed by atoms with E-state index in [4.69, 9.17) is 13.9 Å². The first kappa shape index (κ1) is 18.0. The van der Waals surface area contributed by atoms with Gasteiger partial charge in [0.25, 0.3) is 0 Å². The summed E-state index contributed by atoms with van der Waals surface area (Å²) in [5.41, 5.74) is 3.52. The van der Waals surface area contributed by atoms with Crippen LogP contribution in [0.3, 0.4) is 0 Å². The Bertz CT molecular complexity index is 977. The lowest BCUT2D eigenvalue weighted by molar-refractivity contribution is -0.907. The normalized spacial score (nSPS) is 12.2.